The van der Waals surface area contributed by atoms with Gasteiger partial charge in [-0.2, -0.15) is 0 Å². The van der Waals surface area contributed by atoms with Crippen LogP contribution in [0.1, 0.15) is 5.56 Å². The zero-order chi connectivity index (χ0) is 24.0. The van der Waals surface area contributed by atoms with E-state index in [2.05, 4.69) is 30.5 Å². The first-order chi connectivity index (χ1) is 17.3. The average molecular weight is 477 g/mol. The van der Waals surface area contributed by atoms with Crippen molar-refractivity contribution in [1.82, 2.24) is 0 Å². The van der Waals surface area contributed by atoms with Gasteiger partial charge in [0.1, 0.15) is 18.1 Å². The van der Waals surface area contributed by atoms with Crippen LogP contribution in [-0.4, -0.2) is 12.7 Å². The molecule has 0 spiro atoms. The van der Waals surface area contributed by atoms with Crippen molar-refractivity contribution in [1.29, 1.82) is 0 Å². The van der Waals surface area contributed by atoms with Crippen LogP contribution in [0.4, 0.5) is 0 Å². The van der Waals surface area contributed by atoms with Gasteiger partial charge < -0.3 is 9.47 Å². The van der Waals surface area contributed by atoms with Gasteiger partial charge in [0.05, 0.1) is 0 Å². The van der Waals surface area contributed by atoms with Crippen molar-refractivity contribution in [2.24, 2.45) is 0 Å². The van der Waals surface area contributed by atoms with Crippen LogP contribution in [0.2, 0.25) is 0 Å². The second kappa shape index (κ2) is 10.5. The molecule has 0 amide bonds. The van der Waals surface area contributed by atoms with Gasteiger partial charge in [0.2, 0.25) is 0 Å². The van der Waals surface area contributed by atoms with Gasteiger partial charge in [0.15, 0.2) is 0 Å². The number of carbonyl (C=O) groups excluding carboxylic acids is 1. The number of carbonyl (C=O) groups is 1. The van der Waals surface area contributed by atoms with Crippen LogP contribution < -0.4 is 9.47 Å². The fourth-order valence-corrected chi connectivity index (χ4v) is 4.94. The number of thioether (sulfide) groups is 1. The summed E-state index contributed by atoms with van der Waals surface area (Å²) in [4.78, 5) is 12.6. The van der Waals surface area contributed by atoms with Crippen molar-refractivity contribution in [3.63, 3.8) is 0 Å². The Balaban J connectivity index is 1.77. The largest absolute Gasteiger partial charge is 0.488 e. The number of benzene rings is 5. The van der Waals surface area contributed by atoms with E-state index in [4.69, 9.17) is 9.47 Å². The maximum Gasteiger partial charge on any atom is 0.298 e. The molecule has 5 rings (SSSR count). The minimum atomic E-state index is 0.409. The third kappa shape index (κ3) is 4.79. The first-order valence-corrected chi connectivity index (χ1v) is 12.6. The Kier molecular flexibility index (Phi) is 6.82. The topological polar surface area (TPSA) is 35.5 Å². The molecule has 0 N–H and O–H groups in total. The number of hydrogen-bond acceptors (Lipinski definition) is 4. The zero-order valence-corrected chi connectivity index (χ0v) is 20.1. The summed E-state index contributed by atoms with van der Waals surface area (Å²) in [5.41, 5.74) is 5.19. The molecule has 172 valence electrons. The van der Waals surface area contributed by atoms with Gasteiger partial charge in [-0.05, 0) is 46.0 Å². The smallest absolute Gasteiger partial charge is 0.298 e. The molecule has 0 saturated carbocycles. The lowest BCUT2D eigenvalue weighted by Gasteiger charge is -2.19. The summed E-state index contributed by atoms with van der Waals surface area (Å²) in [5.74, 6) is 1.14. The highest BCUT2D eigenvalue weighted by molar-refractivity contribution is 7.98. The molecule has 0 bridgehead atoms. The van der Waals surface area contributed by atoms with E-state index >= 15 is 0 Å². The summed E-state index contributed by atoms with van der Waals surface area (Å²) >= 11 is 1.69. The van der Waals surface area contributed by atoms with Crippen molar-refractivity contribution in [2.75, 3.05) is 6.26 Å². The fraction of sp³-hybridized carbons (Fsp3) is 0.0645. The molecule has 0 heterocycles. The molecule has 5 aromatic rings. The molecule has 0 fully saturated rings. The Hall–Kier alpha value is -4.02. The van der Waals surface area contributed by atoms with Gasteiger partial charge in [-0.1, -0.05) is 91.0 Å². The van der Waals surface area contributed by atoms with E-state index < -0.39 is 0 Å². The van der Waals surface area contributed by atoms with Gasteiger partial charge in [-0.25, -0.2) is 0 Å². The highest BCUT2D eigenvalue weighted by Gasteiger charge is 2.19. The van der Waals surface area contributed by atoms with E-state index in [1.165, 1.54) is 0 Å². The van der Waals surface area contributed by atoms with Crippen LogP contribution in [0, 0.1) is 0 Å². The maximum atomic E-state index is 11.5. The molecular weight excluding hydrogens is 452 g/mol. The zero-order valence-electron chi connectivity index (χ0n) is 19.3. The summed E-state index contributed by atoms with van der Waals surface area (Å²) in [6.07, 6.45) is 2.08. The summed E-state index contributed by atoms with van der Waals surface area (Å²) < 4.78 is 11.9. The molecular formula is C31H24O3S. The van der Waals surface area contributed by atoms with Crippen LogP contribution >= 0.6 is 11.8 Å². The number of fused-ring (bicyclic) bond motifs is 1. The summed E-state index contributed by atoms with van der Waals surface area (Å²) in [7, 11) is 0. The first-order valence-electron chi connectivity index (χ1n) is 11.3. The first kappa shape index (κ1) is 22.8. The molecule has 3 nitrogen and oxygen atoms in total. The van der Waals surface area contributed by atoms with Crippen LogP contribution in [0.3, 0.4) is 0 Å². The molecule has 0 aromatic heterocycles. The standard InChI is InChI=1S/C31H24O3S/c1-35-30-18-27-26(17-25(30)23-13-7-3-8-14-23)28(33-20-22-11-5-2-6-12-22)19-29(34-21-32)31(27)24-15-9-4-10-16-24/h2-19,21H,20H2,1H3. The molecule has 0 atom stereocenters. The maximum absolute atomic E-state index is 11.5. The highest BCUT2D eigenvalue weighted by Crippen LogP contribution is 2.46. The van der Waals surface area contributed by atoms with Crippen molar-refractivity contribution in [3.05, 3.63) is 115 Å². The lowest BCUT2D eigenvalue weighted by Crippen LogP contribution is -2.00. The molecule has 0 aliphatic heterocycles. The second-order valence-corrected chi connectivity index (χ2v) is 8.91. The van der Waals surface area contributed by atoms with Gasteiger partial charge in [0.25, 0.3) is 6.47 Å². The van der Waals surface area contributed by atoms with Crippen molar-refractivity contribution in [2.45, 2.75) is 11.5 Å². The van der Waals surface area contributed by atoms with Gasteiger partial charge in [-0.15, -0.1) is 11.8 Å². The Morgan fingerprint density at radius 1 is 0.714 bits per heavy atom. The predicted molar refractivity (Wildman–Crippen MR) is 144 cm³/mol. The second-order valence-electron chi connectivity index (χ2n) is 8.07. The van der Waals surface area contributed by atoms with Gasteiger partial charge in [0, 0.05) is 21.9 Å². The number of ether oxygens (including phenoxy) is 2. The Labute approximate surface area is 209 Å². The van der Waals surface area contributed by atoms with E-state index in [9.17, 15) is 4.79 Å². The van der Waals surface area contributed by atoms with Crippen molar-refractivity contribution in [3.8, 4) is 33.8 Å². The van der Waals surface area contributed by atoms with Crippen molar-refractivity contribution >= 4 is 29.0 Å². The van der Waals surface area contributed by atoms with E-state index in [0.717, 1.165) is 43.5 Å². The molecule has 0 aliphatic rings. The summed E-state index contributed by atoms with van der Waals surface area (Å²) in [6, 6.07) is 36.6. The van der Waals surface area contributed by atoms with Crippen LogP contribution in [0.15, 0.2) is 114 Å². The molecule has 0 aliphatic carbocycles. The Morgan fingerprint density at radius 3 is 1.97 bits per heavy atom. The minimum absolute atomic E-state index is 0.409. The molecule has 0 unspecified atom stereocenters. The third-order valence-electron chi connectivity index (χ3n) is 5.94. The number of rotatable bonds is 8. The normalized spacial score (nSPS) is 10.8. The van der Waals surface area contributed by atoms with E-state index in [0.29, 0.717) is 24.6 Å². The van der Waals surface area contributed by atoms with E-state index in [1.54, 1.807) is 11.8 Å². The van der Waals surface area contributed by atoms with Crippen LogP contribution in [0.5, 0.6) is 11.5 Å². The van der Waals surface area contributed by atoms with E-state index in [-0.39, 0.29) is 0 Å². The van der Waals surface area contributed by atoms with E-state index in [1.807, 2.05) is 84.9 Å². The van der Waals surface area contributed by atoms with Crippen molar-refractivity contribution < 1.29 is 14.3 Å². The molecule has 35 heavy (non-hydrogen) atoms. The average Bonchev–Trinajstić information content (AvgIpc) is 2.92. The molecule has 4 heteroatoms. The van der Waals surface area contributed by atoms with Crippen LogP contribution in [0.25, 0.3) is 33.0 Å². The lowest BCUT2D eigenvalue weighted by atomic mass is 9.93. The Morgan fingerprint density at radius 2 is 1.34 bits per heavy atom. The quantitative estimate of drug-likeness (QED) is 0.168. The molecule has 0 saturated heterocycles. The van der Waals surface area contributed by atoms with Gasteiger partial charge >= 0.3 is 0 Å². The molecule has 5 aromatic carbocycles. The summed E-state index contributed by atoms with van der Waals surface area (Å²) in [5, 5.41) is 1.94. The Bertz CT molecular complexity index is 1450. The SMILES string of the molecule is CSc1cc2c(-c3ccccc3)c(OC=O)cc(OCc3ccccc3)c2cc1-c1ccccc1. The highest BCUT2D eigenvalue weighted by atomic mass is 32.2. The molecule has 0 radical (unpaired) electrons. The third-order valence-corrected chi connectivity index (χ3v) is 6.72. The monoisotopic (exact) mass is 476 g/mol. The lowest BCUT2D eigenvalue weighted by molar-refractivity contribution is -0.120. The number of hydrogen-bond donors (Lipinski definition) is 0. The summed E-state index contributed by atoms with van der Waals surface area (Å²) in [6.45, 7) is 0.883. The minimum Gasteiger partial charge on any atom is -0.488 e. The van der Waals surface area contributed by atoms with Gasteiger partial charge in [-0.3, -0.25) is 4.79 Å². The predicted octanol–water partition coefficient (Wildman–Crippen LogP) is 8.01. The fourth-order valence-electron chi connectivity index (χ4n) is 4.31. The van der Waals surface area contributed by atoms with Crippen LogP contribution in [-0.2, 0) is 11.4 Å².